The van der Waals surface area contributed by atoms with Gasteiger partial charge in [0.1, 0.15) is 12.0 Å². The number of hydroxylamine groups is 1. The third kappa shape index (κ3) is 4.95. The first-order valence-electron chi connectivity index (χ1n) is 15.9. The van der Waals surface area contributed by atoms with Crippen LogP contribution in [-0.4, -0.2) is 15.7 Å². The van der Waals surface area contributed by atoms with E-state index in [2.05, 4.69) is 57.2 Å². The van der Waals surface area contributed by atoms with E-state index in [4.69, 9.17) is 9.94 Å². The first-order valence-corrected chi connectivity index (χ1v) is 15.9. The number of hydrogen-bond acceptors (Lipinski definition) is 4. The molecule has 1 aromatic heterocycles. The van der Waals surface area contributed by atoms with Crippen LogP contribution >= 0.6 is 0 Å². The van der Waals surface area contributed by atoms with Gasteiger partial charge in [0.2, 0.25) is 0 Å². The van der Waals surface area contributed by atoms with Crippen molar-refractivity contribution in [2.24, 2.45) is 11.8 Å². The fourth-order valence-electron chi connectivity index (χ4n) is 7.27. The number of carbonyl (C=O) groups is 1. The van der Waals surface area contributed by atoms with Crippen LogP contribution in [0.4, 0.5) is 5.69 Å². The van der Waals surface area contributed by atoms with Crippen molar-refractivity contribution >= 4 is 11.6 Å². The van der Waals surface area contributed by atoms with Gasteiger partial charge in [0.05, 0.1) is 23.1 Å². The van der Waals surface area contributed by atoms with Crippen molar-refractivity contribution in [3.05, 3.63) is 144 Å². The Balaban J connectivity index is 1.45. The highest BCUT2D eigenvalue weighted by molar-refractivity contribution is 5.89. The van der Waals surface area contributed by atoms with E-state index in [-0.39, 0.29) is 11.9 Å². The fourth-order valence-corrected chi connectivity index (χ4v) is 7.27. The second kappa shape index (κ2) is 11.9. The summed E-state index contributed by atoms with van der Waals surface area (Å²) in [4.78, 5) is 22.2. The second-order valence-electron chi connectivity index (χ2n) is 12.6. The highest BCUT2D eigenvalue weighted by Crippen LogP contribution is 2.51. The van der Waals surface area contributed by atoms with Gasteiger partial charge in [-0.3, -0.25) is 9.63 Å². The van der Waals surface area contributed by atoms with E-state index in [0.717, 1.165) is 46.6 Å². The van der Waals surface area contributed by atoms with Crippen molar-refractivity contribution in [2.45, 2.75) is 57.6 Å². The van der Waals surface area contributed by atoms with Crippen LogP contribution in [0, 0.1) is 11.8 Å². The van der Waals surface area contributed by atoms with E-state index in [0.29, 0.717) is 17.8 Å². The summed E-state index contributed by atoms with van der Waals surface area (Å²) in [6.07, 6.45) is 1.67. The molecule has 0 radical (unpaired) electrons. The Bertz CT molecular complexity index is 1720. The van der Waals surface area contributed by atoms with E-state index < -0.39 is 12.0 Å². The molecule has 0 spiro atoms. The predicted octanol–water partition coefficient (Wildman–Crippen LogP) is 9.38. The van der Waals surface area contributed by atoms with Crippen LogP contribution in [0.1, 0.15) is 84.8 Å². The number of para-hydroxylation sites is 1. The quantitative estimate of drug-likeness (QED) is 0.200. The topological polar surface area (TPSA) is 47.4 Å². The third-order valence-corrected chi connectivity index (χ3v) is 9.48. The number of nitrogens with zero attached hydrogens (tertiary/aromatic N) is 3. The monoisotopic (exact) mass is 581 g/mol. The van der Waals surface area contributed by atoms with Gasteiger partial charge in [-0.1, -0.05) is 130 Å². The molecule has 0 saturated carbocycles. The van der Waals surface area contributed by atoms with Gasteiger partial charge < -0.3 is 0 Å². The Morgan fingerprint density at radius 1 is 0.773 bits per heavy atom. The molecule has 5 aromatic rings. The van der Waals surface area contributed by atoms with Gasteiger partial charge in [-0.15, -0.1) is 0 Å². The number of benzene rings is 4. The molecule has 1 fully saturated rings. The molecule has 1 aliphatic carbocycles. The molecule has 5 nitrogen and oxygen atoms in total. The second-order valence-corrected chi connectivity index (χ2v) is 12.6. The summed E-state index contributed by atoms with van der Waals surface area (Å²) < 4.78 is 1.76. The Hall–Kier alpha value is -4.48. The van der Waals surface area contributed by atoms with Crippen LogP contribution in [-0.2, 0) is 4.84 Å². The Labute approximate surface area is 260 Å². The maximum Gasteiger partial charge on any atom is 0.256 e. The van der Waals surface area contributed by atoms with Gasteiger partial charge in [0.25, 0.3) is 5.91 Å². The number of anilines is 1. The molecule has 0 bridgehead atoms. The van der Waals surface area contributed by atoms with E-state index in [1.54, 1.807) is 4.68 Å². The van der Waals surface area contributed by atoms with Gasteiger partial charge in [-0.05, 0) is 47.9 Å². The summed E-state index contributed by atoms with van der Waals surface area (Å²) in [5.74, 6) is 0.451. The van der Waals surface area contributed by atoms with Crippen molar-refractivity contribution in [1.29, 1.82) is 0 Å². The minimum absolute atomic E-state index is 0.0471. The summed E-state index contributed by atoms with van der Waals surface area (Å²) in [5, 5.41) is 7.22. The zero-order valence-corrected chi connectivity index (χ0v) is 25.6. The highest BCUT2D eigenvalue weighted by Gasteiger charge is 2.51. The van der Waals surface area contributed by atoms with E-state index >= 15 is 4.79 Å². The lowest BCUT2D eigenvalue weighted by atomic mass is 9.75. The predicted molar refractivity (Wildman–Crippen MR) is 175 cm³/mol. The first-order chi connectivity index (χ1) is 21.5. The average Bonchev–Trinajstić information content (AvgIpc) is 3.67. The molecule has 2 aliphatic rings. The standard InChI is InChI=1S/C39H39N3O2/c1-26(2)32-25-24-27(3)33-35(32)40-41(36(33)28-16-8-4-9-17-28)39(43)34-37(29-18-10-5-11-19-29)42(31-22-14-7-15-23-31)44-38(34)30-20-12-6-13-21-30/h4-23,26-27,32,34,37-38H,24-25H2,1-3H3/t27-,32+,34-,37+,38+/m1/s1. The lowest BCUT2D eigenvalue weighted by molar-refractivity contribution is 0.0542. The number of hydrogen-bond donors (Lipinski definition) is 0. The lowest BCUT2D eigenvalue weighted by Crippen LogP contribution is -2.32. The molecule has 0 unspecified atom stereocenters. The Morgan fingerprint density at radius 3 is 1.95 bits per heavy atom. The molecule has 4 aromatic carbocycles. The van der Waals surface area contributed by atoms with Crippen molar-refractivity contribution < 1.29 is 9.63 Å². The normalized spacial score (nSPS) is 23.1. The van der Waals surface area contributed by atoms with E-state index in [1.165, 1.54) is 5.56 Å². The summed E-state index contributed by atoms with van der Waals surface area (Å²) in [5.41, 5.74) is 7.17. The van der Waals surface area contributed by atoms with E-state index in [1.807, 2.05) is 90.0 Å². The van der Waals surface area contributed by atoms with Crippen LogP contribution in [0.2, 0.25) is 0 Å². The van der Waals surface area contributed by atoms with Crippen molar-refractivity contribution in [1.82, 2.24) is 9.78 Å². The summed E-state index contributed by atoms with van der Waals surface area (Å²) in [6, 6.07) is 40.5. The molecular formula is C39H39N3O2. The van der Waals surface area contributed by atoms with Gasteiger partial charge in [0, 0.05) is 17.0 Å². The van der Waals surface area contributed by atoms with Crippen molar-refractivity contribution in [3.63, 3.8) is 0 Å². The minimum atomic E-state index is -0.559. The molecule has 7 rings (SSSR count). The Morgan fingerprint density at radius 2 is 1.34 bits per heavy atom. The van der Waals surface area contributed by atoms with Crippen LogP contribution in [0.15, 0.2) is 121 Å². The number of rotatable bonds is 6. The van der Waals surface area contributed by atoms with Gasteiger partial charge in [0.15, 0.2) is 0 Å². The molecule has 0 N–H and O–H groups in total. The van der Waals surface area contributed by atoms with Crippen LogP contribution in [0.5, 0.6) is 0 Å². The van der Waals surface area contributed by atoms with Gasteiger partial charge in [-0.2, -0.15) is 9.78 Å². The maximum atomic E-state index is 15.4. The fraction of sp³-hybridized carbons (Fsp3) is 0.282. The van der Waals surface area contributed by atoms with Crippen LogP contribution in [0.25, 0.3) is 11.3 Å². The maximum absolute atomic E-state index is 15.4. The molecular weight excluding hydrogens is 542 g/mol. The minimum Gasteiger partial charge on any atom is -0.272 e. The largest absolute Gasteiger partial charge is 0.272 e. The summed E-state index contributed by atoms with van der Waals surface area (Å²) >= 11 is 0. The molecule has 222 valence electrons. The number of aromatic nitrogens is 2. The van der Waals surface area contributed by atoms with Crippen molar-refractivity contribution in [3.8, 4) is 11.3 Å². The summed E-state index contributed by atoms with van der Waals surface area (Å²) in [7, 11) is 0. The number of carbonyl (C=O) groups excluding carboxylic acids is 1. The third-order valence-electron chi connectivity index (χ3n) is 9.48. The first kappa shape index (κ1) is 28.3. The molecule has 5 atom stereocenters. The SMILES string of the molecule is CC(C)[C@@H]1CC[C@@H](C)c2c1nn(C(=O)[C@H]1[C@H](c3ccccc3)ON(c3ccccc3)[C@H]1c1ccccc1)c2-c1ccccc1. The molecule has 1 aliphatic heterocycles. The number of fused-ring (bicyclic) bond motifs is 1. The summed E-state index contributed by atoms with van der Waals surface area (Å²) in [6.45, 7) is 6.83. The Kier molecular flexibility index (Phi) is 7.65. The molecule has 5 heteroatoms. The van der Waals surface area contributed by atoms with Gasteiger partial charge in [-0.25, -0.2) is 5.06 Å². The van der Waals surface area contributed by atoms with Crippen LogP contribution in [0.3, 0.4) is 0 Å². The zero-order chi connectivity index (χ0) is 30.2. The average molecular weight is 582 g/mol. The van der Waals surface area contributed by atoms with E-state index in [9.17, 15) is 0 Å². The van der Waals surface area contributed by atoms with Crippen molar-refractivity contribution in [2.75, 3.05) is 5.06 Å². The molecule has 2 heterocycles. The zero-order valence-electron chi connectivity index (χ0n) is 25.6. The highest BCUT2D eigenvalue weighted by atomic mass is 16.7. The smallest absolute Gasteiger partial charge is 0.256 e. The molecule has 44 heavy (non-hydrogen) atoms. The van der Waals surface area contributed by atoms with Gasteiger partial charge >= 0.3 is 0 Å². The molecule has 1 saturated heterocycles. The lowest BCUT2D eigenvalue weighted by Gasteiger charge is -2.29. The molecule has 0 amide bonds. The van der Waals surface area contributed by atoms with Crippen LogP contribution < -0.4 is 5.06 Å².